The van der Waals surface area contributed by atoms with E-state index in [0.29, 0.717) is 0 Å². The van der Waals surface area contributed by atoms with Gasteiger partial charge >= 0.3 is 0 Å². The van der Waals surface area contributed by atoms with Crippen LogP contribution in [0.3, 0.4) is 0 Å². The Kier molecular flexibility index (Phi) is 3.22. The summed E-state index contributed by atoms with van der Waals surface area (Å²) in [5.41, 5.74) is 1.20. The average Bonchev–Trinajstić information content (AvgIpc) is 2.86. The second-order valence-electron chi connectivity index (χ2n) is 4.92. The first-order valence-electron chi connectivity index (χ1n) is 6.58. The van der Waals surface area contributed by atoms with Crippen molar-refractivity contribution in [1.82, 2.24) is 9.88 Å². The fraction of sp³-hybridized carbons (Fsp3) is 0.500. The van der Waals surface area contributed by atoms with Crippen LogP contribution in [0.2, 0.25) is 0 Å². The van der Waals surface area contributed by atoms with Crippen LogP contribution in [0.15, 0.2) is 17.5 Å². The Balaban J connectivity index is 2.01. The van der Waals surface area contributed by atoms with E-state index in [1.165, 1.54) is 21.6 Å². The fourth-order valence-electron chi connectivity index (χ4n) is 2.43. The molecule has 0 unspecified atom stereocenters. The SMILES string of the molecule is CCc1cc2ccsc2c(N2CCN(C)CC2)n1. The third-order valence-corrected chi connectivity index (χ3v) is 4.56. The Hall–Kier alpha value is -1.13. The van der Waals surface area contributed by atoms with Gasteiger partial charge in [-0.2, -0.15) is 0 Å². The van der Waals surface area contributed by atoms with E-state index in [2.05, 4.69) is 41.3 Å². The molecule has 2 aromatic rings. The lowest BCUT2D eigenvalue weighted by Crippen LogP contribution is -2.44. The summed E-state index contributed by atoms with van der Waals surface area (Å²) in [6.07, 6.45) is 1.01. The molecule has 4 heteroatoms. The van der Waals surface area contributed by atoms with Crippen LogP contribution in [0.1, 0.15) is 12.6 Å². The number of hydrogen-bond acceptors (Lipinski definition) is 4. The Morgan fingerprint density at radius 2 is 2.06 bits per heavy atom. The van der Waals surface area contributed by atoms with Gasteiger partial charge in [-0.05, 0) is 36.4 Å². The molecule has 1 aliphatic rings. The van der Waals surface area contributed by atoms with Crippen molar-refractivity contribution in [3.05, 3.63) is 23.2 Å². The van der Waals surface area contributed by atoms with Crippen LogP contribution >= 0.6 is 11.3 Å². The molecule has 0 atom stereocenters. The van der Waals surface area contributed by atoms with Crippen molar-refractivity contribution in [1.29, 1.82) is 0 Å². The first-order valence-corrected chi connectivity index (χ1v) is 7.46. The van der Waals surface area contributed by atoms with Gasteiger partial charge in [0.2, 0.25) is 0 Å². The molecule has 0 aromatic carbocycles. The molecule has 1 saturated heterocycles. The predicted molar refractivity (Wildman–Crippen MR) is 78.7 cm³/mol. The fourth-order valence-corrected chi connectivity index (χ4v) is 3.32. The van der Waals surface area contributed by atoms with E-state index < -0.39 is 0 Å². The third kappa shape index (κ3) is 2.10. The smallest absolute Gasteiger partial charge is 0.146 e. The average molecular weight is 261 g/mol. The van der Waals surface area contributed by atoms with Gasteiger partial charge in [0, 0.05) is 31.9 Å². The molecule has 0 radical (unpaired) electrons. The quantitative estimate of drug-likeness (QED) is 0.828. The van der Waals surface area contributed by atoms with Gasteiger partial charge in [0.05, 0.1) is 4.70 Å². The maximum atomic E-state index is 4.86. The topological polar surface area (TPSA) is 19.4 Å². The molecule has 0 bridgehead atoms. The van der Waals surface area contributed by atoms with Crippen LogP contribution in [0.5, 0.6) is 0 Å². The van der Waals surface area contributed by atoms with Crippen LogP contribution in [-0.2, 0) is 6.42 Å². The summed E-state index contributed by atoms with van der Waals surface area (Å²) in [6.45, 7) is 6.61. The number of pyridine rings is 1. The highest BCUT2D eigenvalue weighted by atomic mass is 32.1. The maximum absolute atomic E-state index is 4.86. The number of aryl methyl sites for hydroxylation is 1. The summed E-state index contributed by atoms with van der Waals surface area (Å²) in [4.78, 5) is 9.68. The minimum atomic E-state index is 1.01. The normalized spacial score (nSPS) is 17.6. The summed E-state index contributed by atoms with van der Waals surface area (Å²) >= 11 is 1.81. The lowest BCUT2D eigenvalue weighted by molar-refractivity contribution is 0.312. The minimum absolute atomic E-state index is 1.01. The second-order valence-corrected chi connectivity index (χ2v) is 5.84. The Bertz CT molecular complexity index is 541. The number of aromatic nitrogens is 1. The zero-order chi connectivity index (χ0) is 12.5. The van der Waals surface area contributed by atoms with Crippen molar-refractivity contribution in [3.8, 4) is 0 Å². The molecule has 1 fully saturated rings. The number of fused-ring (bicyclic) bond motifs is 1. The van der Waals surface area contributed by atoms with E-state index >= 15 is 0 Å². The molecule has 1 aliphatic heterocycles. The van der Waals surface area contributed by atoms with Gasteiger partial charge in [0.15, 0.2) is 0 Å². The molecule has 0 spiro atoms. The molecular weight excluding hydrogens is 242 g/mol. The van der Waals surface area contributed by atoms with Gasteiger partial charge in [-0.1, -0.05) is 6.92 Å². The highest BCUT2D eigenvalue weighted by molar-refractivity contribution is 7.17. The lowest BCUT2D eigenvalue weighted by atomic mass is 10.2. The van der Waals surface area contributed by atoms with E-state index in [9.17, 15) is 0 Å². The van der Waals surface area contributed by atoms with Crippen molar-refractivity contribution in [2.24, 2.45) is 0 Å². The van der Waals surface area contributed by atoms with Gasteiger partial charge in [-0.15, -0.1) is 11.3 Å². The molecule has 3 nitrogen and oxygen atoms in total. The zero-order valence-electron chi connectivity index (χ0n) is 11.0. The monoisotopic (exact) mass is 261 g/mol. The predicted octanol–water partition coefficient (Wildman–Crippen LogP) is 2.61. The Morgan fingerprint density at radius 3 is 2.78 bits per heavy atom. The number of hydrogen-bond donors (Lipinski definition) is 0. The highest BCUT2D eigenvalue weighted by Crippen LogP contribution is 2.31. The first kappa shape index (κ1) is 11.9. The first-order chi connectivity index (χ1) is 8.78. The van der Waals surface area contributed by atoms with Crippen LogP contribution in [0.4, 0.5) is 5.82 Å². The van der Waals surface area contributed by atoms with Crippen molar-refractivity contribution < 1.29 is 0 Å². The summed E-state index contributed by atoms with van der Waals surface area (Å²) in [5, 5.41) is 3.52. The van der Waals surface area contributed by atoms with Gasteiger partial charge in [-0.25, -0.2) is 4.98 Å². The molecule has 0 aliphatic carbocycles. The number of rotatable bonds is 2. The second kappa shape index (κ2) is 4.86. The highest BCUT2D eigenvalue weighted by Gasteiger charge is 2.18. The van der Waals surface area contributed by atoms with Crippen molar-refractivity contribution in [2.75, 3.05) is 38.1 Å². The van der Waals surface area contributed by atoms with E-state index in [4.69, 9.17) is 4.98 Å². The summed E-state index contributed by atoms with van der Waals surface area (Å²) in [7, 11) is 2.19. The number of piperazine rings is 1. The summed E-state index contributed by atoms with van der Waals surface area (Å²) in [6, 6.07) is 4.44. The molecule has 3 rings (SSSR count). The van der Waals surface area contributed by atoms with Crippen LogP contribution in [0.25, 0.3) is 10.1 Å². The summed E-state index contributed by atoms with van der Waals surface area (Å²) in [5.74, 6) is 1.20. The van der Waals surface area contributed by atoms with E-state index in [1.54, 1.807) is 0 Å². The molecule has 96 valence electrons. The van der Waals surface area contributed by atoms with E-state index in [1.807, 2.05) is 11.3 Å². The Morgan fingerprint density at radius 1 is 1.28 bits per heavy atom. The lowest BCUT2D eigenvalue weighted by Gasteiger charge is -2.33. The van der Waals surface area contributed by atoms with Gasteiger partial charge in [-0.3, -0.25) is 0 Å². The minimum Gasteiger partial charge on any atom is -0.353 e. The van der Waals surface area contributed by atoms with Crippen LogP contribution in [-0.4, -0.2) is 43.1 Å². The largest absolute Gasteiger partial charge is 0.353 e. The molecule has 0 saturated carbocycles. The van der Waals surface area contributed by atoms with E-state index in [-0.39, 0.29) is 0 Å². The standard InChI is InChI=1S/C14H19N3S/c1-3-12-10-11-4-9-18-13(11)14(15-12)17-7-5-16(2)6-8-17/h4,9-10H,3,5-8H2,1-2H3. The third-order valence-electron chi connectivity index (χ3n) is 3.64. The molecular formula is C14H19N3S. The van der Waals surface area contributed by atoms with Gasteiger partial charge in [0.25, 0.3) is 0 Å². The molecule has 18 heavy (non-hydrogen) atoms. The van der Waals surface area contributed by atoms with Crippen LogP contribution < -0.4 is 4.90 Å². The van der Waals surface area contributed by atoms with Gasteiger partial charge in [0.1, 0.15) is 5.82 Å². The van der Waals surface area contributed by atoms with Crippen molar-refractivity contribution in [3.63, 3.8) is 0 Å². The molecule has 2 aromatic heterocycles. The number of likely N-dealkylation sites (N-methyl/N-ethyl adjacent to an activating group) is 1. The van der Waals surface area contributed by atoms with E-state index in [0.717, 1.165) is 32.6 Å². The Labute approximate surface area is 112 Å². The number of thiophene rings is 1. The molecule has 3 heterocycles. The molecule has 0 amide bonds. The van der Waals surface area contributed by atoms with Crippen molar-refractivity contribution in [2.45, 2.75) is 13.3 Å². The number of nitrogens with zero attached hydrogens (tertiary/aromatic N) is 3. The zero-order valence-corrected chi connectivity index (χ0v) is 11.8. The summed E-state index contributed by atoms with van der Waals surface area (Å²) < 4.78 is 1.34. The molecule has 0 N–H and O–H groups in total. The van der Waals surface area contributed by atoms with Gasteiger partial charge < -0.3 is 9.80 Å². The van der Waals surface area contributed by atoms with Crippen LogP contribution in [0, 0.1) is 0 Å². The number of anilines is 1. The maximum Gasteiger partial charge on any atom is 0.146 e. The van der Waals surface area contributed by atoms with Crippen molar-refractivity contribution >= 4 is 27.2 Å².